The Hall–Kier alpha value is -7.20. The van der Waals surface area contributed by atoms with Gasteiger partial charge in [0.25, 0.3) is 5.82 Å². The zero-order valence-corrected chi connectivity index (χ0v) is 25.5. The van der Waals surface area contributed by atoms with Gasteiger partial charge in [0.1, 0.15) is 23.5 Å². The quantitative estimate of drug-likeness (QED) is 0.174. The van der Waals surface area contributed by atoms with Crippen molar-refractivity contribution in [3.8, 4) is 79.3 Å². The van der Waals surface area contributed by atoms with Crippen molar-refractivity contribution >= 4 is 5.82 Å². The van der Waals surface area contributed by atoms with E-state index in [1.54, 1.807) is 18.2 Å². The van der Waals surface area contributed by atoms with Gasteiger partial charge in [0.2, 0.25) is 0 Å². The van der Waals surface area contributed by atoms with Crippen molar-refractivity contribution in [2.45, 2.75) is 0 Å². The molecule has 0 saturated heterocycles. The molecule has 0 fully saturated rings. The minimum atomic E-state index is 0.369. The zero-order chi connectivity index (χ0) is 32.9. The lowest BCUT2D eigenvalue weighted by Gasteiger charge is -2.13. The molecule has 7 aromatic rings. The van der Waals surface area contributed by atoms with E-state index in [-0.39, 0.29) is 0 Å². The molecule has 0 spiro atoms. The lowest BCUT2D eigenvalue weighted by Crippen LogP contribution is -1.90. The molecule has 0 amide bonds. The van der Waals surface area contributed by atoms with E-state index >= 15 is 0 Å². The Morgan fingerprint density at radius 3 is 1.08 bits per heavy atom. The van der Waals surface area contributed by atoms with Crippen LogP contribution in [-0.4, -0.2) is 15.0 Å². The highest BCUT2D eigenvalue weighted by molar-refractivity contribution is 5.83. The lowest BCUT2D eigenvalue weighted by atomic mass is 9.92. The van der Waals surface area contributed by atoms with E-state index in [9.17, 15) is 10.5 Å². The van der Waals surface area contributed by atoms with E-state index in [0.29, 0.717) is 17.2 Å². The molecule has 6 heteroatoms. The van der Waals surface area contributed by atoms with Crippen LogP contribution in [0.25, 0.3) is 72.0 Å². The Kier molecular flexibility index (Phi) is 8.01. The molecule has 222 valence electrons. The standard InChI is InChI=1S/C42H24N6/c1-45-42-10-4-9-41(48-42)33-21-15-30(16-22-33)36-24-34(28-11-17-31(18-12-28)39-7-2-5-37(26-43)46-39)23-35(25-36)29-13-19-32(20-14-29)40-8-3-6-38(27-44)47-40/h2-25H. The molecule has 0 atom stereocenters. The number of pyridine rings is 3. The van der Waals surface area contributed by atoms with Gasteiger partial charge in [-0.3, -0.25) is 0 Å². The first-order valence-corrected chi connectivity index (χ1v) is 15.2. The van der Waals surface area contributed by atoms with Crippen LogP contribution >= 0.6 is 0 Å². The predicted octanol–water partition coefficient (Wildman–Crippen LogP) is 10.2. The molecule has 0 unspecified atom stereocenters. The maximum Gasteiger partial charge on any atom is 0.270 e. The van der Waals surface area contributed by atoms with Crippen LogP contribution in [0.5, 0.6) is 0 Å². The van der Waals surface area contributed by atoms with Gasteiger partial charge in [-0.25, -0.2) is 9.97 Å². The first-order valence-electron chi connectivity index (χ1n) is 15.2. The molecule has 6 nitrogen and oxygen atoms in total. The second-order valence-electron chi connectivity index (χ2n) is 11.1. The van der Waals surface area contributed by atoms with Crippen molar-refractivity contribution in [1.82, 2.24) is 15.0 Å². The average molecular weight is 613 g/mol. The maximum absolute atomic E-state index is 9.29. The minimum Gasteiger partial charge on any atom is -0.361 e. The van der Waals surface area contributed by atoms with Crippen molar-refractivity contribution < 1.29 is 0 Å². The molecule has 3 heterocycles. The highest BCUT2D eigenvalue weighted by Crippen LogP contribution is 2.35. The summed E-state index contributed by atoms with van der Waals surface area (Å²) in [6.07, 6.45) is 0. The van der Waals surface area contributed by atoms with Crippen LogP contribution in [0.1, 0.15) is 11.4 Å². The van der Waals surface area contributed by atoms with Crippen LogP contribution in [0.15, 0.2) is 146 Å². The molecule has 0 N–H and O–H groups in total. The monoisotopic (exact) mass is 612 g/mol. The van der Waals surface area contributed by atoms with Crippen molar-refractivity contribution in [2.75, 3.05) is 0 Å². The molecule has 4 aromatic carbocycles. The smallest absolute Gasteiger partial charge is 0.270 e. The number of hydrogen-bond acceptors (Lipinski definition) is 5. The Bertz CT molecular complexity index is 2120. The Morgan fingerprint density at radius 2 is 0.729 bits per heavy atom. The fourth-order valence-electron chi connectivity index (χ4n) is 5.59. The van der Waals surface area contributed by atoms with Crippen molar-refractivity contribution in [3.05, 3.63) is 168 Å². The summed E-state index contributed by atoms with van der Waals surface area (Å²) in [4.78, 5) is 16.8. The molecule has 3 aromatic heterocycles. The highest BCUT2D eigenvalue weighted by Gasteiger charge is 2.11. The Balaban J connectivity index is 1.28. The van der Waals surface area contributed by atoms with Gasteiger partial charge in [-0.05, 0) is 88.0 Å². The van der Waals surface area contributed by atoms with Gasteiger partial charge in [0.05, 0.1) is 11.4 Å². The third kappa shape index (κ3) is 6.17. The van der Waals surface area contributed by atoms with Crippen LogP contribution < -0.4 is 0 Å². The molecule has 48 heavy (non-hydrogen) atoms. The van der Waals surface area contributed by atoms with Crippen LogP contribution in [-0.2, 0) is 0 Å². The largest absolute Gasteiger partial charge is 0.361 e. The molecular formula is C42H24N6. The molecule has 7 rings (SSSR count). The summed E-state index contributed by atoms with van der Waals surface area (Å²) in [5, 5.41) is 18.6. The first kappa shape index (κ1) is 29.5. The van der Waals surface area contributed by atoms with E-state index in [1.165, 1.54) is 0 Å². The van der Waals surface area contributed by atoms with E-state index in [1.807, 2.05) is 72.8 Å². The molecule has 0 aliphatic rings. The Labute approximate surface area is 278 Å². The number of nitriles is 2. The van der Waals surface area contributed by atoms with Crippen molar-refractivity contribution in [2.24, 2.45) is 0 Å². The van der Waals surface area contributed by atoms with Gasteiger partial charge in [0.15, 0.2) is 5.69 Å². The third-order valence-electron chi connectivity index (χ3n) is 8.05. The normalized spacial score (nSPS) is 10.4. The van der Waals surface area contributed by atoms with Gasteiger partial charge in [-0.2, -0.15) is 10.5 Å². The summed E-state index contributed by atoms with van der Waals surface area (Å²) in [6, 6.07) is 51.8. The number of hydrogen-bond donors (Lipinski definition) is 0. The van der Waals surface area contributed by atoms with Crippen molar-refractivity contribution in [3.63, 3.8) is 0 Å². The van der Waals surface area contributed by atoms with Crippen molar-refractivity contribution in [1.29, 1.82) is 10.5 Å². The van der Waals surface area contributed by atoms with E-state index < -0.39 is 0 Å². The molecular weight excluding hydrogens is 589 g/mol. The second kappa shape index (κ2) is 13.0. The van der Waals surface area contributed by atoms with Gasteiger partial charge >= 0.3 is 0 Å². The van der Waals surface area contributed by atoms with Gasteiger partial charge in [0, 0.05) is 16.7 Å². The van der Waals surface area contributed by atoms with E-state index in [4.69, 9.17) is 6.57 Å². The average Bonchev–Trinajstić information content (AvgIpc) is 3.18. The third-order valence-corrected chi connectivity index (χ3v) is 8.05. The Morgan fingerprint density at radius 1 is 0.396 bits per heavy atom. The highest BCUT2D eigenvalue weighted by atomic mass is 14.9. The molecule has 0 radical (unpaired) electrons. The summed E-state index contributed by atoms with van der Waals surface area (Å²) in [7, 11) is 0. The first-order chi connectivity index (χ1) is 23.6. The van der Waals surface area contributed by atoms with Crippen LogP contribution in [0, 0.1) is 29.2 Å². The molecule has 0 saturated carbocycles. The number of aromatic nitrogens is 3. The predicted molar refractivity (Wildman–Crippen MR) is 188 cm³/mol. The summed E-state index contributed by atoms with van der Waals surface area (Å²) < 4.78 is 0. The summed E-state index contributed by atoms with van der Waals surface area (Å²) in [5.74, 6) is 0.369. The summed E-state index contributed by atoms with van der Waals surface area (Å²) >= 11 is 0. The SMILES string of the molecule is [C-]#[N+]c1cccc(-c2ccc(-c3cc(-c4ccc(-c5cccc(C#N)n5)cc4)cc(-c4ccc(-c5cccc(C#N)n5)cc4)c3)cc2)n1. The minimum absolute atomic E-state index is 0.369. The summed E-state index contributed by atoms with van der Waals surface area (Å²) in [6.45, 7) is 7.31. The maximum atomic E-state index is 9.29. The number of benzene rings is 4. The summed E-state index contributed by atoms with van der Waals surface area (Å²) in [5.41, 5.74) is 12.1. The van der Waals surface area contributed by atoms with Crippen LogP contribution in [0.4, 0.5) is 5.82 Å². The van der Waals surface area contributed by atoms with E-state index in [2.05, 4.69) is 86.5 Å². The van der Waals surface area contributed by atoms with Crippen LogP contribution in [0.2, 0.25) is 0 Å². The van der Waals surface area contributed by atoms with Gasteiger partial charge < -0.3 is 4.85 Å². The molecule has 0 aliphatic carbocycles. The fourth-order valence-corrected chi connectivity index (χ4v) is 5.59. The van der Waals surface area contributed by atoms with E-state index in [0.717, 1.165) is 67.2 Å². The fraction of sp³-hybridized carbons (Fsp3) is 0. The molecule has 0 aliphatic heterocycles. The lowest BCUT2D eigenvalue weighted by molar-refractivity contribution is 1.27. The molecule has 0 bridgehead atoms. The van der Waals surface area contributed by atoms with Crippen LogP contribution in [0.3, 0.4) is 0 Å². The topological polar surface area (TPSA) is 90.6 Å². The zero-order valence-electron chi connectivity index (χ0n) is 25.5. The van der Waals surface area contributed by atoms with Gasteiger partial charge in [-0.15, -0.1) is 4.98 Å². The second-order valence-corrected chi connectivity index (χ2v) is 11.1. The number of nitrogens with zero attached hydrogens (tertiary/aromatic N) is 6. The number of rotatable bonds is 6. The van der Waals surface area contributed by atoms with Gasteiger partial charge in [-0.1, -0.05) is 97.6 Å².